The summed E-state index contributed by atoms with van der Waals surface area (Å²) < 4.78 is 9.90. The van der Waals surface area contributed by atoms with Gasteiger partial charge in [-0.1, -0.05) is 11.6 Å². The average molecular weight is 343 g/mol. The van der Waals surface area contributed by atoms with Crippen molar-refractivity contribution in [3.63, 3.8) is 0 Å². The number of hydrogen-bond donors (Lipinski definition) is 2. The first-order chi connectivity index (χ1) is 10.6. The summed E-state index contributed by atoms with van der Waals surface area (Å²) in [5.74, 6) is -0.462. The van der Waals surface area contributed by atoms with Crippen LogP contribution in [0.25, 0.3) is 0 Å². The SMILES string of the molecule is COC(=O)c1ccc(Cl)cc1NC(C)CNC(=O)OC(C)(C)C. The molecule has 1 amide bonds. The van der Waals surface area contributed by atoms with Crippen molar-refractivity contribution in [1.29, 1.82) is 0 Å². The van der Waals surface area contributed by atoms with Crippen molar-refractivity contribution in [2.45, 2.75) is 39.3 Å². The van der Waals surface area contributed by atoms with Crippen LogP contribution in [0.3, 0.4) is 0 Å². The number of methoxy groups -OCH3 is 1. The van der Waals surface area contributed by atoms with Gasteiger partial charge in [0.05, 0.1) is 18.4 Å². The van der Waals surface area contributed by atoms with Crippen LogP contribution in [0.15, 0.2) is 18.2 Å². The molecule has 0 bridgehead atoms. The highest BCUT2D eigenvalue weighted by Crippen LogP contribution is 2.22. The van der Waals surface area contributed by atoms with E-state index in [9.17, 15) is 9.59 Å². The Morgan fingerprint density at radius 3 is 2.52 bits per heavy atom. The third-order valence-corrected chi connectivity index (χ3v) is 2.98. The number of carbonyl (C=O) groups is 2. The monoisotopic (exact) mass is 342 g/mol. The van der Waals surface area contributed by atoms with E-state index in [1.54, 1.807) is 39.0 Å². The lowest BCUT2D eigenvalue weighted by Crippen LogP contribution is -2.38. The first-order valence-electron chi connectivity index (χ1n) is 7.23. The molecular weight excluding hydrogens is 320 g/mol. The van der Waals surface area contributed by atoms with Crippen molar-refractivity contribution < 1.29 is 19.1 Å². The van der Waals surface area contributed by atoms with E-state index < -0.39 is 17.7 Å². The second-order valence-corrected chi connectivity index (χ2v) is 6.55. The number of carbonyl (C=O) groups excluding carboxylic acids is 2. The molecule has 0 saturated carbocycles. The van der Waals surface area contributed by atoms with Crippen molar-refractivity contribution in [1.82, 2.24) is 5.32 Å². The zero-order valence-corrected chi connectivity index (χ0v) is 14.8. The van der Waals surface area contributed by atoms with Crippen LogP contribution in [-0.4, -0.2) is 37.4 Å². The number of alkyl carbamates (subject to hydrolysis) is 1. The minimum atomic E-state index is -0.550. The minimum absolute atomic E-state index is 0.149. The van der Waals surface area contributed by atoms with Crippen molar-refractivity contribution in [2.75, 3.05) is 19.0 Å². The molecule has 0 aliphatic heterocycles. The second kappa shape index (κ2) is 8.06. The Labute approximate surface area is 141 Å². The van der Waals surface area contributed by atoms with Gasteiger partial charge in [-0.05, 0) is 45.9 Å². The Morgan fingerprint density at radius 2 is 1.96 bits per heavy atom. The maximum atomic E-state index is 11.8. The van der Waals surface area contributed by atoms with Crippen LogP contribution in [0.1, 0.15) is 38.1 Å². The number of anilines is 1. The van der Waals surface area contributed by atoms with E-state index in [0.29, 0.717) is 22.8 Å². The van der Waals surface area contributed by atoms with Crippen LogP contribution >= 0.6 is 11.6 Å². The molecule has 0 spiro atoms. The molecule has 6 nitrogen and oxygen atoms in total. The van der Waals surface area contributed by atoms with Gasteiger partial charge in [-0.25, -0.2) is 9.59 Å². The minimum Gasteiger partial charge on any atom is -0.465 e. The second-order valence-electron chi connectivity index (χ2n) is 6.11. The third-order valence-electron chi connectivity index (χ3n) is 2.74. The van der Waals surface area contributed by atoms with Crippen LogP contribution in [0, 0.1) is 0 Å². The fourth-order valence-corrected chi connectivity index (χ4v) is 1.96. The molecule has 1 aromatic rings. The van der Waals surface area contributed by atoms with E-state index >= 15 is 0 Å². The highest BCUT2D eigenvalue weighted by Gasteiger charge is 2.17. The summed E-state index contributed by atoms with van der Waals surface area (Å²) in [6, 6.07) is 4.69. The molecule has 1 aromatic carbocycles. The Balaban J connectivity index is 2.67. The summed E-state index contributed by atoms with van der Waals surface area (Å²) in [7, 11) is 1.31. The van der Waals surface area contributed by atoms with Crippen molar-refractivity contribution in [3.8, 4) is 0 Å². The maximum absolute atomic E-state index is 11.8. The fraction of sp³-hybridized carbons (Fsp3) is 0.500. The molecule has 0 saturated heterocycles. The van der Waals surface area contributed by atoms with Gasteiger partial charge in [0.1, 0.15) is 5.60 Å². The van der Waals surface area contributed by atoms with Crippen LogP contribution < -0.4 is 10.6 Å². The first-order valence-corrected chi connectivity index (χ1v) is 7.61. The number of halogens is 1. The zero-order chi connectivity index (χ0) is 17.6. The highest BCUT2D eigenvalue weighted by molar-refractivity contribution is 6.31. The molecule has 0 heterocycles. The quantitative estimate of drug-likeness (QED) is 0.801. The van der Waals surface area contributed by atoms with Gasteiger partial charge in [0.25, 0.3) is 0 Å². The average Bonchev–Trinajstić information content (AvgIpc) is 2.43. The van der Waals surface area contributed by atoms with Gasteiger partial charge in [0.15, 0.2) is 0 Å². The Hall–Kier alpha value is -1.95. The van der Waals surface area contributed by atoms with Crippen LogP contribution in [-0.2, 0) is 9.47 Å². The Kier molecular flexibility index (Phi) is 6.69. The van der Waals surface area contributed by atoms with Crippen LogP contribution in [0.2, 0.25) is 5.02 Å². The molecule has 0 aliphatic rings. The summed E-state index contributed by atoms with van der Waals surface area (Å²) in [5, 5.41) is 6.29. The number of amides is 1. The molecule has 1 rings (SSSR count). The van der Waals surface area contributed by atoms with Crippen molar-refractivity contribution in [2.24, 2.45) is 0 Å². The molecule has 0 aromatic heterocycles. The topological polar surface area (TPSA) is 76.7 Å². The lowest BCUT2D eigenvalue weighted by atomic mass is 10.1. The van der Waals surface area contributed by atoms with E-state index in [-0.39, 0.29) is 6.04 Å². The summed E-state index contributed by atoms with van der Waals surface area (Å²) in [6.07, 6.45) is -0.495. The maximum Gasteiger partial charge on any atom is 0.407 e. The number of benzene rings is 1. The smallest absolute Gasteiger partial charge is 0.407 e. The number of hydrogen-bond acceptors (Lipinski definition) is 5. The van der Waals surface area contributed by atoms with Gasteiger partial charge in [0.2, 0.25) is 0 Å². The molecule has 23 heavy (non-hydrogen) atoms. The largest absolute Gasteiger partial charge is 0.465 e. The van der Waals surface area contributed by atoms with Gasteiger partial charge in [-0.15, -0.1) is 0 Å². The molecule has 7 heteroatoms. The van der Waals surface area contributed by atoms with Crippen molar-refractivity contribution in [3.05, 3.63) is 28.8 Å². The van der Waals surface area contributed by atoms with E-state index in [2.05, 4.69) is 10.6 Å². The molecule has 0 aliphatic carbocycles. The molecule has 2 N–H and O–H groups in total. The van der Waals surface area contributed by atoms with Crippen LogP contribution in [0.5, 0.6) is 0 Å². The molecule has 1 unspecified atom stereocenters. The van der Waals surface area contributed by atoms with Crippen molar-refractivity contribution >= 4 is 29.4 Å². The fourth-order valence-electron chi connectivity index (χ4n) is 1.79. The predicted molar refractivity (Wildman–Crippen MR) is 90.1 cm³/mol. The van der Waals surface area contributed by atoms with E-state index in [4.69, 9.17) is 21.1 Å². The predicted octanol–water partition coefficient (Wildman–Crippen LogP) is 3.45. The van der Waals surface area contributed by atoms with E-state index in [1.165, 1.54) is 7.11 Å². The van der Waals surface area contributed by atoms with E-state index in [1.807, 2.05) is 6.92 Å². The Bertz CT molecular complexity index is 570. The lowest BCUT2D eigenvalue weighted by molar-refractivity contribution is 0.0524. The third kappa shape index (κ3) is 6.78. The first kappa shape index (κ1) is 19.1. The number of esters is 1. The summed E-state index contributed by atoms with van der Waals surface area (Å²) >= 11 is 5.97. The Morgan fingerprint density at radius 1 is 1.30 bits per heavy atom. The standard InChI is InChI=1S/C16H23ClN2O4/c1-10(9-18-15(21)23-16(2,3)4)19-13-8-11(17)6-7-12(13)14(20)22-5/h6-8,10,19H,9H2,1-5H3,(H,18,21). The van der Waals surface area contributed by atoms with Gasteiger partial charge in [-0.3, -0.25) is 0 Å². The lowest BCUT2D eigenvalue weighted by Gasteiger charge is -2.22. The number of ether oxygens (including phenoxy) is 2. The summed E-state index contributed by atoms with van der Waals surface area (Å²) in [5.41, 5.74) is 0.370. The van der Waals surface area contributed by atoms with Gasteiger partial charge in [0, 0.05) is 17.6 Å². The zero-order valence-electron chi connectivity index (χ0n) is 14.0. The molecule has 1 atom stereocenters. The van der Waals surface area contributed by atoms with E-state index in [0.717, 1.165) is 0 Å². The summed E-state index contributed by atoms with van der Waals surface area (Å²) in [4.78, 5) is 23.4. The molecule has 0 radical (unpaired) electrons. The summed E-state index contributed by atoms with van der Waals surface area (Å²) in [6.45, 7) is 7.57. The highest BCUT2D eigenvalue weighted by atomic mass is 35.5. The van der Waals surface area contributed by atoms with Gasteiger partial charge in [-0.2, -0.15) is 0 Å². The molecule has 128 valence electrons. The molecular formula is C16H23ClN2O4. The van der Waals surface area contributed by atoms with Crippen LogP contribution in [0.4, 0.5) is 10.5 Å². The normalized spacial score (nSPS) is 12.3. The number of nitrogens with one attached hydrogen (secondary N) is 2. The van der Waals surface area contributed by atoms with Gasteiger partial charge >= 0.3 is 12.1 Å². The number of rotatable bonds is 5. The molecule has 0 fully saturated rings. The van der Waals surface area contributed by atoms with Gasteiger partial charge < -0.3 is 20.1 Å².